The second kappa shape index (κ2) is 4.64. The average Bonchev–Trinajstić information content (AvgIpc) is 2.77. The summed E-state index contributed by atoms with van der Waals surface area (Å²) in [5.41, 5.74) is 3.87. The van der Waals surface area contributed by atoms with Crippen LogP contribution in [-0.4, -0.2) is 22.6 Å². The van der Waals surface area contributed by atoms with Crippen molar-refractivity contribution in [1.82, 2.24) is 14.9 Å². The third-order valence-electron chi connectivity index (χ3n) is 4.66. The standard InChI is InChI=1S/C16H23N3/c1-4-16(8-5-9-17-11-16)15-18-13-10-12(2)6-7-14(13)19(15)3/h6-7,10,17H,4-5,8-9,11H2,1-3H3. The lowest BCUT2D eigenvalue weighted by atomic mass is 9.77. The number of hydrogen-bond acceptors (Lipinski definition) is 2. The summed E-state index contributed by atoms with van der Waals surface area (Å²) < 4.78 is 2.30. The number of piperidine rings is 1. The van der Waals surface area contributed by atoms with Crippen molar-refractivity contribution in [3.05, 3.63) is 29.6 Å². The van der Waals surface area contributed by atoms with Crippen molar-refractivity contribution in [2.24, 2.45) is 7.05 Å². The average molecular weight is 257 g/mol. The quantitative estimate of drug-likeness (QED) is 0.896. The number of benzene rings is 1. The smallest absolute Gasteiger partial charge is 0.117 e. The van der Waals surface area contributed by atoms with Crippen LogP contribution >= 0.6 is 0 Å². The fourth-order valence-corrected chi connectivity index (χ4v) is 3.40. The van der Waals surface area contributed by atoms with Crippen LogP contribution in [0.1, 0.15) is 37.6 Å². The van der Waals surface area contributed by atoms with E-state index in [1.54, 1.807) is 0 Å². The van der Waals surface area contributed by atoms with Crippen molar-refractivity contribution in [3.63, 3.8) is 0 Å². The number of aryl methyl sites for hydroxylation is 2. The van der Waals surface area contributed by atoms with Gasteiger partial charge in [0, 0.05) is 19.0 Å². The van der Waals surface area contributed by atoms with Gasteiger partial charge in [0.05, 0.1) is 11.0 Å². The normalized spacial score (nSPS) is 23.9. The number of imidazole rings is 1. The van der Waals surface area contributed by atoms with Gasteiger partial charge >= 0.3 is 0 Å². The molecular formula is C16H23N3. The van der Waals surface area contributed by atoms with Crippen LogP contribution in [0.4, 0.5) is 0 Å². The number of nitrogens with zero attached hydrogens (tertiary/aromatic N) is 2. The molecule has 1 aromatic heterocycles. The van der Waals surface area contributed by atoms with Crippen LogP contribution in [0.2, 0.25) is 0 Å². The van der Waals surface area contributed by atoms with Gasteiger partial charge < -0.3 is 9.88 Å². The van der Waals surface area contributed by atoms with Crippen LogP contribution in [0, 0.1) is 6.92 Å². The predicted octanol–water partition coefficient (Wildman–Crippen LogP) is 2.91. The molecule has 1 saturated heterocycles. The maximum atomic E-state index is 4.96. The molecule has 3 heteroatoms. The van der Waals surface area contributed by atoms with Gasteiger partial charge in [0.1, 0.15) is 5.82 Å². The first-order valence-corrected chi connectivity index (χ1v) is 7.30. The third kappa shape index (κ3) is 1.96. The second-order valence-electron chi connectivity index (χ2n) is 5.90. The minimum Gasteiger partial charge on any atom is -0.331 e. The molecule has 2 heterocycles. The second-order valence-corrected chi connectivity index (χ2v) is 5.90. The van der Waals surface area contributed by atoms with Crippen molar-refractivity contribution in [2.45, 2.75) is 38.5 Å². The van der Waals surface area contributed by atoms with E-state index >= 15 is 0 Å². The molecule has 3 nitrogen and oxygen atoms in total. The summed E-state index contributed by atoms with van der Waals surface area (Å²) in [4.78, 5) is 4.96. The Kier molecular flexibility index (Phi) is 3.09. The molecule has 2 aromatic rings. The first-order chi connectivity index (χ1) is 9.16. The summed E-state index contributed by atoms with van der Waals surface area (Å²) in [5.74, 6) is 1.25. The molecule has 1 N–H and O–H groups in total. The molecule has 1 aliphatic rings. The minimum absolute atomic E-state index is 0.208. The van der Waals surface area contributed by atoms with Gasteiger partial charge in [0.25, 0.3) is 0 Å². The minimum atomic E-state index is 0.208. The molecule has 1 aliphatic heterocycles. The molecule has 0 aliphatic carbocycles. The van der Waals surface area contributed by atoms with E-state index in [2.05, 4.69) is 49.0 Å². The third-order valence-corrected chi connectivity index (χ3v) is 4.66. The van der Waals surface area contributed by atoms with Crippen LogP contribution in [0.5, 0.6) is 0 Å². The van der Waals surface area contributed by atoms with Gasteiger partial charge in [-0.2, -0.15) is 0 Å². The molecule has 0 radical (unpaired) electrons. The van der Waals surface area contributed by atoms with E-state index in [9.17, 15) is 0 Å². The topological polar surface area (TPSA) is 29.9 Å². The van der Waals surface area contributed by atoms with Gasteiger partial charge in [-0.25, -0.2) is 4.98 Å². The van der Waals surface area contributed by atoms with Crippen molar-refractivity contribution in [1.29, 1.82) is 0 Å². The first kappa shape index (κ1) is 12.7. The van der Waals surface area contributed by atoms with Crippen LogP contribution in [0.15, 0.2) is 18.2 Å². The van der Waals surface area contributed by atoms with Crippen molar-refractivity contribution < 1.29 is 0 Å². The summed E-state index contributed by atoms with van der Waals surface area (Å²) >= 11 is 0. The van der Waals surface area contributed by atoms with E-state index < -0.39 is 0 Å². The molecule has 0 amide bonds. The van der Waals surface area contributed by atoms with Gasteiger partial charge in [-0.05, 0) is 50.4 Å². The number of rotatable bonds is 2. The van der Waals surface area contributed by atoms with E-state index in [0.717, 1.165) is 25.0 Å². The van der Waals surface area contributed by atoms with E-state index in [-0.39, 0.29) is 5.41 Å². The molecular weight excluding hydrogens is 234 g/mol. The van der Waals surface area contributed by atoms with Crippen LogP contribution in [0.3, 0.4) is 0 Å². The highest BCUT2D eigenvalue weighted by atomic mass is 15.1. The molecule has 1 aromatic carbocycles. The van der Waals surface area contributed by atoms with Crippen LogP contribution in [-0.2, 0) is 12.5 Å². The maximum Gasteiger partial charge on any atom is 0.117 e. The maximum absolute atomic E-state index is 4.96. The Morgan fingerprint density at radius 1 is 1.42 bits per heavy atom. The monoisotopic (exact) mass is 257 g/mol. The largest absolute Gasteiger partial charge is 0.331 e. The van der Waals surface area contributed by atoms with Crippen molar-refractivity contribution >= 4 is 11.0 Å². The Hall–Kier alpha value is -1.35. The lowest BCUT2D eigenvalue weighted by Gasteiger charge is -2.36. The SMILES string of the molecule is CCC1(c2nc3cc(C)ccc3n2C)CCCNC1. The lowest BCUT2D eigenvalue weighted by Crippen LogP contribution is -2.44. The van der Waals surface area contributed by atoms with Gasteiger partial charge in [-0.3, -0.25) is 0 Å². The van der Waals surface area contributed by atoms with E-state index in [1.807, 2.05) is 0 Å². The fourth-order valence-electron chi connectivity index (χ4n) is 3.40. The Labute approximate surface area is 115 Å². The van der Waals surface area contributed by atoms with E-state index in [0.29, 0.717) is 0 Å². The lowest BCUT2D eigenvalue weighted by molar-refractivity contribution is 0.283. The first-order valence-electron chi connectivity index (χ1n) is 7.30. The number of nitrogens with one attached hydrogen (secondary N) is 1. The molecule has 19 heavy (non-hydrogen) atoms. The Balaban J connectivity index is 2.15. The Bertz CT molecular complexity index is 591. The molecule has 0 saturated carbocycles. The van der Waals surface area contributed by atoms with Crippen LogP contribution < -0.4 is 5.32 Å². The zero-order valence-electron chi connectivity index (χ0n) is 12.2. The van der Waals surface area contributed by atoms with Crippen molar-refractivity contribution in [3.8, 4) is 0 Å². The van der Waals surface area contributed by atoms with Gasteiger partial charge in [0.15, 0.2) is 0 Å². The molecule has 0 bridgehead atoms. The molecule has 1 fully saturated rings. The van der Waals surface area contributed by atoms with Gasteiger partial charge in [0.2, 0.25) is 0 Å². The summed E-state index contributed by atoms with van der Waals surface area (Å²) in [6, 6.07) is 6.56. The molecule has 1 atom stereocenters. The highest BCUT2D eigenvalue weighted by molar-refractivity contribution is 5.77. The van der Waals surface area contributed by atoms with Crippen LogP contribution in [0.25, 0.3) is 11.0 Å². The number of aromatic nitrogens is 2. The summed E-state index contributed by atoms with van der Waals surface area (Å²) in [5, 5.41) is 3.55. The highest BCUT2D eigenvalue weighted by Gasteiger charge is 2.36. The zero-order chi connectivity index (χ0) is 13.5. The fraction of sp³-hybridized carbons (Fsp3) is 0.562. The predicted molar refractivity (Wildman–Crippen MR) is 79.5 cm³/mol. The van der Waals surface area contributed by atoms with Crippen molar-refractivity contribution in [2.75, 3.05) is 13.1 Å². The molecule has 102 valence electrons. The zero-order valence-corrected chi connectivity index (χ0v) is 12.2. The summed E-state index contributed by atoms with van der Waals surface area (Å²) in [6.07, 6.45) is 3.64. The number of hydrogen-bond donors (Lipinski definition) is 1. The van der Waals surface area contributed by atoms with E-state index in [1.165, 1.54) is 29.7 Å². The van der Waals surface area contributed by atoms with E-state index in [4.69, 9.17) is 4.98 Å². The molecule has 3 rings (SSSR count). The molecule has 1 unspecified atom stereocenters. The summed E-state index contributed by atoms with van der Waals surface area (Å²) in [6.45, 7) is 6.62. The Morgan fingerprint density at radius 3 is 2.95 bits per heavy atom. The number of fused-ring (bicyclic) bond motifs is 1. The molecule has 0 spiro atoms. The Morgan fingerprint density at radius 2 is 2.26 bits per heavy atom. The van der Waals surface area contributed by atoms with Gasteiger partial charge in [-0.1, -0.05) is 13.0 Å². The highest BCUT2D eigenvalue weighted by Crippen LogP contribution is 2.35. The van der Waals surface area contributed by atoms with Gasteiger partial charge in [-0.15, -0.1) is 0 Å². The summed E-state index contributed by atoms with van der Waals surface area (Å²) in [7, 11) is 2.16.